The standard InChI is InChI=1S/C40H35BN7.Ir/c1-29-15-12-16-30(2)37(29)41-45(5)35-22-21-33(39(3,47-25-13-23-42-47)31-17-8-6-9-18-31)27-34(35)38-44-36(28-46(38)41)40(4,48-26-14-24-43-48)32-19-10-7-11-20-32;/h6-17,19,21-26,28H,1-5H3;/q-3;+3/t39?,40-;/m0./s1. The fourth-order valence-electron chi connectivity index (χ4n) is 7.35. The zero-order valence-electron chi connectivity index (χ0n) is 28.1. The molecule has 4 aromatic carbocycles. The molecule has 8 rings (SSSR count). The number of nitrogens with zero attached hydrogens (tertiary/aromatic N) is 7. The molecular formula is C40H35BIrN7. The molecule has 0 aliphatic carbocycles. The van der Waals surface area contributed by atoms with Gasteiger partial charge >= 0.3 is 27.1 Å². The topological polar surface area (TPSA) is 56.7 Å². The van der Waals surface area contributed by atoms with Gasteiger partial charge in [-0.3, -0.25) is 14.3 Å². The smallest absolute Gasteiger partial charge is 0.436 e. The number of anilines is 1. The molecule has 1 aliphatic rings. The molecule has 242 valence electrons. The summed E-state index contributed by atoms with van der Waals surface area (Å²) < 4.78 is 6.28. The van der Waals surface area contributed by atoms with Crippen molar-refractivity contribution in [1.82, 2.24) is 29.0 Å². The molecule has 0 amide bonds. The molecule has 0 saturated carbocycles. The molecule has 9 heteroatoms. The van der Waals surface area contributed by atoms with Crippen LogP contribution in [0.2, 0.25) is 0 Å². The maximum Gasteiger partial charge on any atom is 3.00 e. The fourth-order valence-corrected chi connectivity index (χ4v) is 7.35. The van der Waals surface area contributed by atoms with Crippen LogP contribution in [0, 0.1) is 32.0 Å². The molecule has 0 spiro atoms. The van der Waals surface area contributed by atoms with Gasteiger partial charge < -0.3 is 9.29 Å². The molecule has 0 N–H and O–H groups in total. The third-order valence-electron chi connectivity index (χ3n) is 10.1. The Labute approximate surface area is 301 Å². The van der Waals surface area contributed by atoms with Gasteiger partial charge in [-0.05, 0) is 52.3 Å². The van der Waals surface area contributed by atoms with E-state index in [2.05, 4.69) is 111 Å². The summed E-state index contributed by atoms with van der Waals surface area (Å²) in [6, 6.07) is 41.8. The minimum Gasteiger partial charge on any atom is -0.436 e. The minimum atomic E-state index is -0.723. The van der Waals surface area contributed by atoms with Gasteiger partial charge in [0, 0.05) is 36.8 Å². The van der Waals surface area contributed by atoms with Crippen LogP contribution in [-0.2, 0) is 31.2 Å². The molecule has 1 unspecified atom stereocenters. The van der Waals surface area contributed by atoms with Crippen molar-refractivity contribution in [1.29, 1.82) is 0 Å². The van der Waals surface area contributed by atoms with Crippen molar-refractivity contribution in [2.24, 2.45) is 0 Å². The predicted octanol–water partition coefficient (Wildman–Crippen LogP) is 6.27. The fraction of sp³-hybridized carbons (Fsp3) is 0.175. The second-order valence-corrected chi connectivity index (χ2v) is 12.9. The number of benzene rings is 4. The molecule has 2 atom stereocenters. The van der Waals surface area contributed by atoms with Crippen LogP contribution >= 0.6 is 0 Å². The number of imidazole rings is 1. The zero-order valence-corrected chi connectivity index (χ0v) is 30.5. The Morgan fingerprint density at radius 1 is 0.694 bits per heavy atom. The van der Waals surface area contributed by atoms with Gasteiger partial charge in [-0.1, -0.05) is 40.6 Å². The minimum absolute atomic E-state index is 0. The Morgan fingerprint density at radius 2 is 1.31 bits per heavy atom. The first-order chi connectivity index (χ1) is 23.3. The van der Waals surface area contributed by atoms with Crippen LogP contribution in [0.3, 0.4) is 0 Å². The molecule has 7 aromatic rings. The van der Waals surface area contributed by atoms with E-state index >= 15 is 0 Å². The van der Waals surface area contributed by atoms with Crippen LogP contribution in [0.15, 0.2) is 122 Å². The summed E-state index contributed by atoms with van der Waals surface area (Å²) in [4.78, 5) is 7.87. The van der Waals surface area contributed by atoms with Crippen LogP contribution in [0.4, 0.5) is 5.69 Å². The third-order valence-corrected chi connectivity index (χ3v) is 10.1. The molecule has 0 saturated heterocycles. The van der Waals surface area contributed by atoms with E-state index < -0.39 is 11.1 Å². The van der Waals surface area contributed by atoms with E-state index in [9.17, 15) is 0 Å². The summed E-state index contributed by atoms with van der Waals surface area (Å²) in [5.74, 6) is 0.849. The van der Waals surface area contributed by atoms with E-state index in [-0.39, 0.29) is 27.1 Å². The molecule has 4 heterocycles. The van der Waals surface area contributed by atoms with Crippen molar-refractivity contribution >= 4 is 18.1 Å². The predicted molar refractivity (Wildman–Crippen MR) is 190 cm³/mol. The summed E-state index contributed by atoms with van der Waals surface area (Å²) in [6.07, 6.45) is 9.83. The van der Waals surface area contributed by atoms with Crippen molar-refractivity contribution in [3.05, 3.63) is 174 Å². The van der Waals surface area contributed by atoms with Gasteiger partial charge in [-0.2, -0.15) is 70.9 Å². The van der Waals surface area contributed by atoms with Crippen LogP contribution in [0.5, 0.6) is 0 Å². The molecule has 1 aliphatic heterocycles. The Hall–Kier alpha value is -4.98. The van der Waals surface area contributed by atoms with Crippen molar-refractivity contribution in [3.8, 4) is 11.4 Å². The number of hydrogen-bond donors (Lipinski definition) is 0. The first-order valence-electron chi connectivity index (χ1n) is 16.2. The van der Waals surface area contributed by atoms with Gasteiger partial charge in [0.2, 0.25) is 0 Å². The molecule has 0 radical (unpaired) electrons. The zero-order chi connectivity index (χ0) is 33.0. The molecule has 49 heavy (non-hydrogen) atoms. The maximum absolute atomic E-state index is 5.52. The van der Waals surface area contributed by atoms with Gasteiger partial charge in [0.15, 0.2) is 0 Å². The van der Waals surface area contributed by atoms with Gasteiger partial charge in [0.05, 0.1) is 11.2 Å². The molecule has 7 nitrogen and oxygen atoms in total. The summed E-state index contributed by atoms with van der Waals surface area (Å²) in [7, 11) is 2.17. The molecule has 0 fully saturated rings. The molecule has 3 aromatic heterocycles. The number of fused-ring (bicyclic) bond motifs is 3. The average molecular weight is 817 g/mol. The SMILES string of the molecule is Cc1cccc(C)c1B1N(C)c2ccc(C(C)(c3[c-]cccc3)n3cccn3)[c-]c2-c2nc([C@](C)(c3[c-]cccc3)n3cccn3)cn21.[Ir+3]. The Morgan fingerprint density at radius 3 is 1.88 bits per heavy atom. The summed E-state index contributed by atoms with van der Waals surface area (Å²) >= 11 is 0. The second-order valence-electron chi connectivity index (χ2n) is 12.9. The van der Waals surface area contributed by atoms with E-state index in [1.165, 1.54) is 16.6 Å². The number of rotatable bonds is 7. The monoisotopic (exact) mass is 817 g/mol. The first kappa shape index (κ1) is 32.6. The summed E-state index contributed by atoms with van der Waals surface area (Å²) in [6.45, 7) is 8.59. The normalized spacial score (nSPS) is 14.7. The van der Waals surface area contributed by atoms with Crippen LogP contribution < -0.4 is 10.3 Å². The maximum atomic E-state index is 5.52. The number of hydrogen-bond acceptors (Lipinski definition) is 4. The number of aromatic nitrogens is 6. The number of aryl methyl sites for hydroxylation is 2. The Kier molecular flexibility index (Phi) is 8.30. The first-order valence-corrected chi connectivity index (χ1v) is 16.2. The van der Waals surface area contributed by atoms with Crippen LogP contribution in [0.1, 0.15) is 47.4 Å². The van der Waals surface area contributed by atoms with E-state index in [0.717, 1.165) is 39.5 Å². The quantitative estimate of drug-likeness (QED) is 0.141. The van der Waals surface area contributed by atoms with Crippen molar-refractivity contribution in [2.45, 2.75) is 38.8 Å². The second kappa shape index (κ2) is 12.5. The summed E-state index contributed by atoms with van der Waals surface area (Å²) in [5.41, 5.74) is 8.13. The van der Waals surface area contributed by atoms with Crippen molar-refractivity contribution in [3.63, 3.8) is 0 Å². The van der Waals surface area contributed by atoms with Gasteiger partial charge in [-0.15, -0.1) is 34.9 Å². The van der Waals surface area contributed by atoms with Crippen LogP contribution in [-0.4, -0.2) is 43.1 Å². The van der Waals surface area contributed by atoms with Crippen molar-refractivity contribution < 1.29 is 20.1 Å². The Balaban J connectivity index is 0.00000378. The van der Waals surface area contributed by atoms with Crippen molar-refractivity contribution in [2.75, 3.05) is 11.9 Å². The Bertz CT molecular complexity index is 2190. The largest absolute Gasteiger partial charge is 3.00 e. The van der Waals surface area contributed by atoms with Gasteiger partial charge in [-0.25, -0.2) is 0 Å². The van der Waals surface area contributed by atoms with Crippen LogP contribution in [0.25, 0.3) is 11.4 Å². The van der Waals surface area contributed by atoms with E-state index in [1.807, 2.05) is 82.7 Å². The van der Waals surface area contributed by atoms with E-state index in [0.29, 0.717) is 0 Å². The third kappa shape index (κ3) is 5.03. The molecule has 0 bridgehead atoms. The average Bonchev–Trinajstić information content (AvgIpc) is 3.93. The van der Waals surface area contributed by atoms with E-state index in [1.54, 1.807) is 0 Å². The van der Waals surface area contributed by atoms with Gasteiger partial charge in [0.1, 0.15) is 5.54 Å². The summed E-state index contributed by atoms with van der Waals surface area (Å²) in [5, 5.41) is 9.45. The van der Waals surface area contributed by atoms with E-state index in [4.69, 9.17) is 15.2 Å². The molecular weight excluding hydrogens is 782 g/mol. The van der Waals surface area contributed by atoms with Gasteiger partial charge in [0.25, 0.3) is 0 Å².